The van der Waals surface area contributed by atoms with Crippen molar-refractivity contribution in [1.29, 1.82) is 0 Å². The molecule has 1 saturated carbocycles. The van der Waals surface area contributed by atoms with E-state index >= 15 is 0 Å². The van der Waals surface area contributed by atoms with Crippen molar-refractivity contribution in [2.24, 2.45) is 0 Å². The van der Waals surface area contributed by atoms with Gasteiger partial charge in [0.1, 0.15) is 0 Å². The molecule has 1 saturated heterocycles. The molecule has 1 aliphatic carbocycles. The molecule has 2 fully saturated rings. The number of carbonyl (C=O) groups excluding carboxylic acids is 4. The summed E-state index contributed by atoms with van der Waals surface area (Å²) < 4.78 is 0. The summed E-state index contributed by atoms with van der Waals surface area (Å²) in [5, 5.41) is 16.3. The van der Waals surface area contributed by atoms with E-state index in [-0.39, 0.29) is 48.7 Å². The summed E-state index contributed by atoms with van der Waals surface area (Å²) in [6.45, 7) is 0. The monoisotopic (exact) mass is 479 g/mol. The van der Waals surface area contributed by atoms with E-state index in [9.17, 15) is 24.3 Å². The predicted octanol–water partition coefficient (Wildman–Crippen LogP) is 3.90. The highest BCUT2D eigenvalue weighted by Crippen LogP contribution is 2.40. The van der Waals surface area contributed by atoms with E-state index in [0.717, 1.165) is 32.4 Å². The summed E-state index contributed by atoms with van der Waals surface area (Å²) in [7, 11) is 0. The number of pyridine rings is 1. The highest BCUT2D eigenvalue weighted by Gasteiger charge is 2.50. The Labute approximate surface area is 205 Å². The van der Waals surface area contributed by atoms with Crippen LogP contribution >= 0.6 is 0 Å². The van der Waals surface area contributed by atoms with Crippen molar-refractivity contribution in [1.82, 2.24) is 4.98 Å². The number of imide groups is 1. The molecule has 6 rings (SSSR count). The highest BCUT2D eigenvalue weighted by atomic mass is 16.3. The maximum absolute atomic E-state index is 12.6. The second kappa shape index (κ2) is 8.07. The Morgan fingerprint density at radius 1 is 0.750 bits per heavy atom. The molecule has 0 bridgehead atoms. The van der Waals surface area contributed by atoms with Gasteiger partial charge in [-0.1, -0.05) is 36.4 Å². The first-order valence-electron chi connectivity index (χ1n) is 11.7. The minimum absolute atomic E-state index is 0.0326. The van der Waals surface area contributed by atoms with E-state index in [1.165, 1.54) is 12.1 Å². The van der Waals surface area contributed by atoms with Gasteiger partial charge in [0.25, 0.3) is 0 Å². The van der Waals surface area contributed by atoms with Gasteiger partial charge in [0.2, 0.25) is 17.4 Å². The Balaban J connectivity index is 1.57. The van der Waals surface area contributed by atoms with Crippen molar-refractivity contribution < 1.29 is 24.3 Å². The molecule has 2 heterocycles. The third kappa shape index (κ3) is 3.30. The fourth-order valence-corrected chi connectivity index (χ4v) is 5.07. The fraction of sp³-hybridized carbons (Fsp3) is 0.179. The average Bonchev–Trinajstić information content (AvgIpc) is 3.36. The summed E-state index contributed by atoms with van der Waals surface area (Å²) in [5.41, 5.74) is 0.586. The summed E-state index contributed by atoms with van der Waals surface area (Å²) in [5.74, 6) is -1.96. The third-order valence-electron chi connectivity index (χ3n) is 6.89. The third-order valence-corrected chi connectivity index (χ3v) is 6.89. The van der Waals surface area contributed by atoms with Crippen molar-refractivity contribution in [3.8, 4) is 0 Å². The highest BCUT2D eigenvalue weighted by molar-refractivity contribution is 6.21. The number of nitrogens with zero attached hydrogens (tertiary/aromatic N) is 2. The van der Waals surface area contributed by atoms with Gasteiger partial charge in [-0.25, -0.2) is 4.98 Å². The molecule has 2 N–H and O–H groups in total. The molecule has 8 heteroatoms. The molecule has 2 aliphatic rings. The first-order chi connectivity index (χ1) is 17.4. The molecule has 4 aromatic rings. The van der Waals surface area contributed by atoms with Crippen LogP contribution in [0.3, 0.4) is 0 Å². The molecule has 2 amide bonds. The largest absolute Gasteiger partial charge is 0.371 e. The SMILES string of the molecule is O=C1CCC(=O)N1c1cc(Nc2c3ccccc3nc3ccccc23)cc(C2(O)C(=O)CCC2=O)c1. The summed E-state index contributed by atoms with van der Waals surface area (Å²) in [6, 6.07) is 19.7. The van der Waals surface area contributed by atoms with Crippen LogP contribution in [0.25, 0.3) is 21.8 Å². The molecule has 0 radical (unpaired) electrons. The predicted molar refractivity (Wildman–Crippen MR) is 134 cm³/mol. The maximum Gasteiger partial charge on any atom is 0.234 e. The van der Waals surface area contributed by atoms with Crippen LogP contribution in [-0.4, -0.2) is 33.5 Å². The van der Waals surface area contributed by atoms with Crippen LogP contribution in [0, 0.1) is 0 Å². The van der Waals surface area contributed by atoms with Gasteiger partial charge in [-0.2, -0.15) is 0 Å². The van der Waals surface area contributed by atoms with Crippen LogP contribution in [0.4, 0.5) is 17.1 Å². The lowest BCUT2D eigenvalue weighted by atomic mass is 9.89. The van der Waals surface area contributed by atoms with Crippen LogP contribution in [0.1, 0.15) is 31.2 Å². The van der Waals surface area contributed by atoms with E-state index in [0.29, 0.717) is 5.69 Å². The number of anilines is 3. The van der Waals surface area contributed by atoms with Gasteiger partial charge in [-0.05, 0) is 30.3 Å². The van der Waals surface area contributed by atoms with E-state index in [4.69, 9.17) is 4.98 Å². The number of amides is 2. The summed E-state index contributed by atoms with van der Waals surface area (Å²) in [6.07, 6.45) is 0.0220. The maximum atomic E-state index is 12.6. The van der Waals surface area contributed by atoms with Crippen molar-refractivity contribution in [3.05, 3.63) is 72.3 Å². The molecule has 36 heavy (non-hydrogen) atoms. The molecule has 1 aliphatic heterocycles. The van der Waals surface area contributed by atoms with Gasteiger partial charge >= 0.3 is 0 Å². The quantitative estimate of drug-likeness (QED) is 0.259. The zero-order chi connectivity index (χ0) is 25.0. The minimum atomic E-state index is -2.32. The first-order valence-corrected chi connectivity index (χ1v) is 11.7. The van der Waals surface area contributed by atoms with E-state index in [2.05, 4.69) is 5.32 Å². The molecule has 0 atom stereocenters. The lowest BCUT2D eigenvalue weighted by Gasteiger charge is -2.24. The zero-order valence-electron chi connectivity index (χ0n) is 19.2. The van der Waals surface area contributed by atoms with Crippen LogP contribution in [0.15, 0.2) is 66.7 Å². The topological polar surface area (TPSA) is 117 Å². The lowest BCUT2D eigenvalue weighted by molar-refractivity contribution is -0.145. The van der Waals surface area contributed by atoms with Crippen molar-refractivity contribution >= 4 is 62.2 Å². The Morgan fingerprint density at radius 2 is 1.31 bits per heavy atom. The number of rotatable bonds is 4. The second-order valence-electron chi connectivity index (χ2n) is 9.09. The van der Waals surface area contributed by atoms with Crippen molar-refractivity contribution in [3.63, 3.8) is 0 Å². The number of Topliss-reactive ketones (excluding diaryl/α,β-unsaturated/α-hetero) is 2. The molecule has 0 unspecified atom stereocenters. The van der Waals surface area contributed by atoms with Crippen molar-refractivity contribution in [2.75, 3.05) is 10.2 Å². The number of nitrogens with one attached hydrogen (secondary N) is 1. The van der Waals surface area contributed by atoms with Gasteiger partial charge in [-0.15, -0.1) is 0 Å². The van der Waals surface area contributed by atoms with Gasteiger partial charge in [0, 0.05) is 47.7 Å². The first kappa shape index (κ1) is 22.1. The number of aliphatic hydroxyl groups is 1. The van der Waals surface area contributed by atoms with Crippen LogP contribution < -0.4 is 10.2 Å². The Morgan fingerprint density at radius 3 is 1.89 bits per heavy atom. The van der Waals surface area contributed by atoms with Gasteiger partial charge in [-0.3, -0.25) is 24.1 Å². The number of benzene rings is 3. The van der Waals surface area contributed by atoms with E-state index in [1.54, 1.807) is 6.07 Å². The van der Waals surface area contributed by atoms with Gasteiger partial charge in [0.05, 0.1) is 22.4 Å². The van der Waals surface area contributed by atoms with E-state index < -0.39 is 17.2 Å². The number of hydrogen-bond donors (Lipinski definition) is 2. The number of para-hydroxylation sites is 2. The molecular weight excluding hydrogens is 458 g/mol. The lowest BCUT2D eigenvalue weighted by Crippen LogP contribution is -2.38. The van der Waals surface area contributed by atoms with Crippen LogP contribution in [0.5, 0.6) is 0 Å². The molecule has 178 valence electrons. The fourth-order valence-electron chi connectivity index (χ4n) is 5.07. The molecule has 0 spiro atoms. The van der Waals surface area contributed by atoms with Gasteiger partial charge in [0.15, 0.2) is 11.6 Å². The average molecular weight is 479 g/mol. The Bertz CT molecular complexity index is 1540. The molecular formula is C28H21N3O5. The number of ketones is 2. The number of hydrogen-bond acceptors (Lipinski definition) is 7. The Hall–Kier alpha value is -4.43. The zero-order valence-corrected chi connectivity index (χ0v) is 19.2. The number of fused-ring (bicyclic) bond motifs is 2. The van der Waals surface area contributed by atoms with Crippen LogP contribution in [0.2, 0.25) is 0 Å². The molecule has 8 nitrogen and oxygen atoms in total. The summed E-state index contributed by atoms with van der Waals surface area (Å²) in [4.78, 5) is 56.1. The molecule has 3 aromatic carbocycles. The number of carbonyl (C=O) groups is 4. The van der Waals surface area contributed by atoms with Gasteiger partial charge < -0.3 is 10.4 Å². The summed E-state index contributed by atoms with van der Waals surface area (Å²) >= 11 is 0. The van der Waals surface area contributed by atoms with Crippen molar-refractivity contribution in [2.45, 2.75) is 31.3 Å². The minimum Gasteiger partial charge on any atom is -0.371 e. The molecule has 1 aromatic heterocycles. The normalized spacial score (nSPS) is 17.5. The Kier molecular flexibility index (Phi) is 4.94. The van der Waals surface area contributed by atoms with Crippen LogP contribution in [-0.2, 0) is 24.8 Å². The number of aromatic nitrogens is 1. The smallest absolute Gasteiger partial charge is 0.234 e. The second-order valence-corrected chi connectivity index (χ2v) is 9.09. The van der Waals surface area contributed by atoms with E-state index in [1.807, 2.05) is 48.5 Å². The standard InChI is InChI=1S/C28H21N3O5/c32-23-9-10-24(33)28(23,36)16-13-17(15-18(14-16)31-25(34)11-12-26(31)35)29-27-19-5-1-3-7-21(19)30-22-8-4-2-6-20(22)27/h1-8,13-15,36H,9-12H2,(H,29,30).